The third kappa shape index (κ3) is 1.72. The van der Waals surface area contributed by atoms with Gasteiger partial charge in [0.15, 0.2) is 0 Å². The van der Waals surface area contributed by atoms with Crippen molar-refractivity contribution in [3.8, 4) is 5.95 Å². The van der Waals surface area contributed by atoms with Gasteiger partial charge in [-0.2, -0.15) is 0 Å². The number of ether oxygens (including phenoxy) is 1. The van der Waals surface area contributed by atoms with E-state index in [0.717, 1.165) is 9.86 Å². The summed E-state index contributed by atoms with van der Waals surface area (Å²) in [6.45, 7) is 0. The maximum atomic E-state index is 10.2. The van der Waals surface area contributed by atoms with Crippen LogP contribution in [0.1, 0.15) is 0 Å². The average Bonchev–Trinajstić information content (AvgIpc) is 2.44. The summed E-state index contributed by atoms with van der Waals surface area (Å²) in [5.41, 5.74) is 0.587. The molecule has 2 rings (SSSR count). The molecular weight excluding hydrogens is 252 g/mol. The van der Waals surface area contributed by atoms with E-state index in [1.165, 1.54) is 6.07 Å². The van der Waals surface area contributed by atoms with Crippen molar-refractivity contribution in [3.63, 3.8) is 0 Å². The smallest absolute Gasteiger partial charge is 0.449 e. The Morgan fingerprint density at radius 1 is 1.43 bits per heavy atom. The molecule has 14 heavy (non-hydrogen) atoms. The number of halogens is 1. The molecule has 1 heterocycles. The Hall–Kier alpha value is -1.49. The Kier molecular flexibility index (Phi) is 2.17. The van der Waals surface area contributed by atoms with Gasteiger partial charge in [-0.05, 0) is 18.2 Å². The monoisotopic (exact) mass is 256 g/mol. The van der Waals surface area contributed by atoms with E-state index in [9.17, 15) is 4.79 Å². The molecule has 1 aromatic heterocycles. The highest BCUT2D eigenvalue weighted by Gasteiger charge is 2.08. The topological polar surface area (TPSA) is 59.7 Å². The molecule has 0 bridgehead atoms. The van der Waals surface area contributed by atoms with Crippen LogP contribution >= 0.6 is 15.9 Å². The molecule has 0 unspecified atom stereocenters. The fourth-order valence-electron chi connectivity index (χ4n) is 1.13. The largest absolute Gasteiger partial charge is 0.513 e. The molecule has 0 aliphatic carbocycles. The van der Waals surface area contributed by atoms with Crippen molar-refractivity contribution in [3.05, 3.63) is 28.7 Å². The van der Waals surface area contributed by atoms with Crippen LogP contribution in [0.3, 0.4) is 0 Å². The maximum Gasteiger partial charge on any atom is 0.513 e. The van der Waals surface area contributed by atoms with E-state index in [1.54, 1.807) is 12.1 Å². The van der Waals surface area contributed by atoms with Gasteiger partial charge in [-0.3, -0.25) is 0 Å². The van der Waals surface area contributed by atoms with Crippen LogP contribution in [0.5, 0.6) is 5.95 Å². The van der Waals surface area contributed by atoms with E-state index in [4.69, 9.17) is 9.52 Å². The van der Waals surface area contributed by atoms with Gasteiger partial charge in [0, 0.05) is 15.9 Å². The van der Waals surface area contributed by atoms with Crippen molar-refractivity contribution in [2.45, 2.75) is 0 Å². The minimum Gasteiger partial charge on any atom is -0.449 e. The molecule has 0 amide bonds. The fraction of sp³-hybridized carbons (Fsp3) is 0. The van der Waals surface area contributed by atoms with Crippen LogP contribution in [0.4, 0.5) is 4.79 Å². The van der Waals surface area contributed by atoms with E-state index in [1.807, 2.05) is 6.07 Å². The summed E-state index contributed by atoms with van der Waals surface area (Å²) >= 11 is 3.29. The zero-order chi connectivity index (χ0) is 10.1. The van der Waals surface area contributed by atoms with Crippen LogP contribution in [0.15, 0.2) is 33.2 Å². The fourth-order valence-corrected chi connectivity index (χ4v) is 1.51. The predicted molar refractivity (Wildman–Crippen MR) is 52.6 cm³/mol. The quantitative estimate of drug-likeness (QED) is 0.796. The number of carboxylic acid groups (broad SMARTS) is 1. The highest BCUT2D eigenvalue weighted by atomic mass is 79.9. The van der Waals surface area contributed by atoms with Crippen molar-refractivity contribution in [2.75, 3.05) is 0 Å². The first kappa shape index (κ1) is 9.08. The third-order valence-electron chi connectivity index (χ3n) is 1.64. The summed E-state index contributed by atoms with van der Waals surface area (Å²) in [4.78, 5) is 10.2. The van der Waals surface area contributed by atoms with E-state index in [-0.39, 0.29) is 5.95 Å². The molecule has 2 aromatic rings. The van der Waals surface area contributed by atoms with Crippen LogP contribution in [-0.4, -0.2) is 11.3 Å². The number of carbonyl (C=O) groups is 1. The van der Waals surface area contributed by atoms with Gasteiger partial charge in [0.25, 0.3) is 5.95 Å². The minimum absolute atomic E-state index is 0.0226. The number of rotatable bonds is 1. The van der Waals surface area contributed by atoms with Crippen LogP contribution in [-0.2, 0) is 0 Å². The first-order chi connectivity index (χ1) is 6.65. The highest BCUT2D eigenvalue weighted by molar-refractivity contribution is 9.10. The van der Waals surface area contributed by atoms with Gasteiger partial charge in [-0.1, -0.05) is 15.9 Å². The van der Waals surface area contributed by atoms with Gasteiger partial charge in [-0.15, -0.1) is 0 Å². The van der Waals surface area contributed by atoms with E-state index < -0.39 is 6.16 Å². The molecule has 0 aliphatic heterocycles. The van der Waals surface area contributed by atoms with Crippen LogP contribution in [0, 0.1) is 0 Å². The Morgan fingerprint density at radius 3 is 2.93 bits per heavy atom. The molecule has 0 radical (unpaired) electrons. The van der Waals surface area contributed by atoms with Gasteiger partial charge in [0.2, 0.25) is 0 Å². The molecule has 0 aliphatic rings. The normalized spacial score (nSPS) is 10.4. The van der Waals surface area contributed by atoms with Gasteiger partial charge in [0.05, 0.1) is 0 Å². The average molecular weight is 257 g/mol. The Labute approximate surface area is 87.2 Å². The maximum absolute atomic E-state index is 10.2. The molecule has 0 fully saturated rings. The standard InChI is InChI=1S/C9H5BrO4/c10-6-1-2-7-5(3-6)4-8(13-7)14-9(11)12/h1-4H,(H,11,12). The van der Waals surface area contributed by atoms with E-state index in [0.29, 0.717) is 5.58 Å². The number of hydrogen-bond donors (Lipinski definition) is 1. The van der Waals surface area contributed by atoms with Crippen molar-refractivity contribution in [1.82, 2.24) is 0 Å². The highest BCUT2D eigenvalue weighted by Crippen LogP contribution is 2.27. The molecule has 1 aromatic carbocycles. The van der Waals surface area contributed by atoms with Gasteiger partial charge >= 0.3 is 6.16 Å². The second-order valence-electron chi connectivity index (χ2n) is 2.62. The van der Waals surface area contributed by atoms with Crippen molar-refractivity contribution in [1.29, 1.82) is 0 Å². The summed E-state index contributed by atoms with van der Waals surface area (Å²) < 4.78 is 10.4. The van der Waals surface area contributed by atoms with Crippen LogP contribution in [0.2, 0.25) is 0 Å². The molecule has 4 nitrogen and oxygen atoms in total. The molecule has 1 N–H and O–H groups in total. The van der Waals surface area contributed by atoms with Crippen LogP contribution < -0.4 is 4.74 Å². The SMILES string of the molecule is O=C(O)Oc1cc2cc(Br)ccc2o1. The Bertz CT molecular complexity index is 489. The van der Waals surface area contributed by atoms with E-state index >= 15 is 0 Å². The first-order valence-electron chi connectivity index (χ1n) is 3.75. The van der Waals surface area contributed by atoms with Gasteiger partial charge < -0.3 is 14.3 Å². The molecular formula is C9H5BrO4. The summed E-state index contributed by atoms with van der Waals surface area (Å²) in [6, 6.07) is 6.87. The zero-order valence-corrected chi connectivity index (χ0v) is 8.45. The van der Waals surface area contributed by atoms with Crippen molar-refractivity contribution < 1.29 is 19.1 Å². The minimum atomic E-state index is -1.39. The van der Waals surface area contributed by atoms with Crippen molar-refractivity contribution >= 4 is 33.1 Å². The molecule has 0 saturated heterocycles. The lowest BCUT2D eigenvalue weighted by Gasteiger charge is -1.90. The lowest BCUT2D eigenvalue weighted by molar-refractivity contribution is 0.134. The lowest BCUT2D eigenvalue weighted by atomic mass is 10.3. The second-order valence-corrected chi connectivity index (χ2v) is 3.53. The molecule has 0 saturated carbocycles. The Morgan fingerprint density at radius 2 is 2.21 bits per heavy atom. The first-order valence-corrected chi connectivity index (χ1v) is 4.54. The van der Waals surface area contributed by atoms with Crippen molar-refractivity contribution in [2.24, 2.45) is 0 Å². The molecule has 0 atom stereocenters. The number of hydrogen-bond acceptors (Lipinski definition) is 3. The second kappa shape index (κ2) is 3.34. The molecule has 5 heteroatoms. The number of furan rings is 1. The number of fused-ring (bicyclic) bond motifs is 1. The summed E-state index contributed by atoms with van der Waals surface area (Å²) in [7, 11) is 0. The summed E-state index contributed by atoms with van der Waals surface area (Å²) in [6.07, 6.45) is -1.39. The van der Waals surface area contributed by atoms with Crippen LogP contribution in [0.25, 0.3) is 11.0 Å². The zero-order valence-electron chi connectivity index (χ0n) is 6.86. The summed E-state index contributed by atoms with van der Waals surface area (Å²) in [5, 5.41) is 9.14. The Balaban J connectivity index is 2.46. The molecule has 0 spiro atoms. The van der Waals surface area contributed by atoms with Gasteiger partial charge in [-0.25, -0.2) is 4.79 Å². The summed E-state index contributed by atoms with van der Waals surface area (Å²) in [5.74, 6) is -0.0226. The number of benzene rings is 1. The predicted octanol–water partition coefficient (Wildman–Crippen LogP) is 3.25. The van der Waals surface area contributed by atoms with Gasteiger partial charge in [0.1, 0.15) is 5.58 Å². The van der Waals surface area contributed by atoms with E-state index in [2.05, 4.69) is 20.7 Å². The molecule has 72 valence electrons. The lowest BCUT2D eigenvalue weighted by Crippen LogP contribution is -2.01. The third-order valence-corrected chi connectivity index (χ3v) is 2.14.